The molecule has 1 aromatic heterocycles. The molecule has 2 atom stereocenters. The molecule has 0 amide bonds. The summed E-state index contributed by atoms with van der Waals surface area (Å²) in [5.41, 5.74) is 0. The Kier molecular flexibility index (Phi) is 3.88. The maximum absolute atomic E-state index is 4.70. The van der Waals surface area contributed by atoms with Gasteiger partial charge in [0, 0.05) is 36.8 Å². The minimum absolute atomic E-state index is 0.538. The number of nitrogens with zero attached hydrogens (tertiary/aromatic N) is 2. The topological polar surface area (TPSA) is 28.2 Å². The number of benzene rings is 1. The summed E-state index contributed by atoms with van der Waals surface area (Å²) in [6.45, 7) is 6.62. The van der Waals surface area contributed by atoms with Crippen molar-refractivity contribution in [2.24, 2.45) is 0 Å². The van der Waals surface area contributed by atoms with Crippen LogP contribution in [0.25, 0.3) is 10.8 Å². The first kappa shape index (κ1) is 13.4. The molecule has 0 bridgehead atoms. The maximum atomic E-state index is 4.70. The summed E-state index contributed by atoms with van der Waals surface area (Å²) < 4.78 is 0. The Bertz CT molecular complexity index is 576. The number of pyridine rings is 1. The molecule has 2 heterocycles. The van der Waals surface area contributed by atoms with Crippen LogP contribution >= 0.6 is 0 Å². The van der Waals surface area contributed by atoms with Crippen molar-refractivity contribution in [2.75, 3.05) is 18.0 Å². The van der Waals surface area contributed by atoms with Crippen LogP contribution in [-0.2, 0) is 0 Å². The van der Waals surface area contributed by atoms with Gasteiger partial charge in [-0.3, -0.25) is 0 Å². The normalized spacial score (nSPS) is 23.2. The van der Waals surface area contributed by atoms with E-state index in [1.807, 2.05) is 6.20 Å². The number of nitrogens with one attached hydrogen (secondary N) is 1. The van der Waals surface area contributed by atoms with Crippen molar-refractivity contribution >= 4 is 16.6 Å². The number of hydrogen-bond donors (Lipinski definition) is 1. The zero-order chi connectivity index (χ0) is 13.9. The molecule has 1 saturated heterocycles. The van der Waals surface area contributed by atoms with Gasteiger partial charge in [-0.05, 0) is 24.3 Å². The first-order valence-electron chi connectivity index (χ1n) is 7.67. The van der Waals surface area contributed by atoms with Gasteiger partial charge in [0.25, 0.3) is 0 Å². The average molecular weight is 269 g/mol. The van der Waals surface area contributed by atoms with Crippen molar-refractivity contribution in [3.8, 4) is 0 Å². The van der Waals surface area contributed by atoms with E-state index >= 15 is 0 Å². The van der Waals surface area contributed by atoms with Crippen LogP contribution in [-0.4, -0.2) is 30.2 Å². The third-order valence-corrected chi connectivity index (χ3v) is 4.39. The molecule has 1 aromatic carbocycles. The lowest BCUT2D eigenvalue weighted by molar-refractivity contribution is 0.377. The standard InChI is InChI=1S/C17H23N3/c1-3-14-12-20(15(4-2)11-19-14)17-16-8-6-5-7-13(16)9-10-18-17/h5-10,14-15,19H,3-4,11-12H2,1-2H3. The van der Waals surface area contributed by atoms with Gasteiger partial charge in [0.1, 0.15) is 5.82 Å². The Morgan fingerprint density at radius 2 is 2.05 bits per heavy atom. The second kappa shape index (κ2) is 5.80. The first-order valence-corrected chi connectivity index (χ1v) is 7.67. The van der Waals surface area contributed by atoms with Crippen LogP contribution in [0.1, 0.15) is 26.7 Å². The highest BCUT2D eigenvalue weighted by Gasteiger charge is 2.27. The molecule has 3 rings (SSSR count). The molecule has 1 fully saturated rings. The third kappa shape index (κ3) is 2.38. The van der Waals surface area contributed by atoms with Crippen molar-refractivity contribution in [2.45, 2.75) is 38.8 Å². The van der Waals surface area contributed by atoms with Crippen LogP contribution < -0.4 is 10.2 Å². The lowest BCUT2D eigenvalue weighted by atomic mass is 10.0. The van der Waals surface area contributed by atoms with Crippen molar-refractivity contribution in [1.29, 1.82) is 0 Å². The fourth-order valence-electron chi connectivity index (χ4n) is 3.09. The van der Waals surface area contributed by atoms with Crippen LogP contribution in [0.5, 0.6) is 0 Å². The zero-order valence-electron chi connectivity index (χ0n) is 12.3. The van der Waals surface area contributed by atoms with Crippen molar-refractivity contribution in [3.63, 3.8) is 0 Å². The van der Waals surface area contributed by atoms with E-state index in [0.29, 0.717) is 12.1 Å². The number of aromatic nitrogens is 1. The molecule has 1 aliphatic heterocycles. The SMILES string of the molecule is CCC1CN(c2nccc3ccccc23)C(CC)CN1. The Morgan fingerprint density at radius 1 is 1.20 bits per heavy atom. The Balaban J connectivity index is 2.03. The third-order valence-electron chi connectivity index (χ3n) is 4.39. The molecule has 2 unspecified atom stereocenters. The fourth-order valence-corrected chi connectivity index (χ4v) is 3.09. The quantitative estimate of drug-likeness (QED) is 0.927. The summed E-state index contributed by atoms with van der Waals surface area (Å²) >= 11 is 0. The van der Waals surface area contributed by atoms with Gasteiger partial charge in [0.15, 0.2) is 0 Å². The van der Waals surface area contributed by atoms with Crippen LogP contribution in [0.2, 0.25) is 0 Å². The van der Waals surface area contributed by atoms with Crippen molar-refractivity contribution in [1.82, 2.24) is 10.3 Å². The summed E-state index contributed by atoms with van der Waals surface area (Å²) in [4.78, 5) is 7.20. The molecule has 1 N–H and O–H groups in total. The molecule has 3 nitrogen and oxygen atoms in total. The molecular weight excluding hydrogens is 246 g/mol. The molecule has 0 aliphatic carbocycles. The summed E-state index contributed by atoms with van der Waals surface area (Å²) in [6, 6.07) is 11.8. The molecule has 20 heavy (non-hydrogen) atoms. The Morgan fingerprint density at radius 3 is 2.85 bits per heavy atom. The number of rotatable bonds is 3. The highest BCUT2D eigenvalue weighted by Crippen LogP contribution is 2.28. The van der Waals surface area contributed by atoms with E-state index in [1.54, 1.807) is 0 Å². The lowest BCUT2D eigenvalue weighted by Gasteiger charge is -2.41. The molecule has 106 valence electrons. The minimum Gasteiger partial charge on any atom is -0.350 e. The Labute approximate surface area is 121 Å². The Hall–Kier alpha value is -1.61. The maximum Gasteiger partial charge on any atom is 0.136 e. The number of piperazine rings is 1. The lowest BCUT2D eigenvalue weighted by Crippen LogP contribution is -2.56. The number of hydrogen-bond acceptors (Lipinski definition) is 3. The number of anilines is 1. The predicted molar refractivity (Wildman–Crippen MR) is 85.2 cm³/mol. The average Bonchev–Trinajstić information content (AvgIpc) is 2.53. The summed E-state index contributed by atoms with van der Waals surface area (Å²) in [5.74, 6) is 1.15. The molecule has 2 aromatic rings. The van der Waals surface area contributed by atoms with Crippen LogP contribution in [0.15, 0.2) is 36.5 Å². The molecule has 3 heteroatoms. The van der Waals surface area contributed by atoms with Gasteiger partial charge in [-0.1, -0.05) is 38.1 Å². The van der Waals surface area contributed by atoms with E-state index < -0.39 is 0 Å². The summed E-state index contributed by atoms with van der Waals surface area (Å²) in [6.07, 6.45) is 4.25. The second-order valence-electron chi connectivity index (χ2n) is 5.58. The van der Waals surface area contributed by atoms with E-state index in [2.05, 4.69) is 54.4 Å². The van der Waals surface area contributed by atoms with E-state index in [0.717, 1.165) is 31.7 Å². The van der Waals surface area contributed by atoms with E-state index in [1.165, 1.54) is 10.8 Å². The van der Waals surface area contributed by atoms with Crippen molar-refractivity contribution in [3.05, 3.63) is 36.5 Å². The molecule has 0 saturated carbocycles. The first-order chi connectivity index (χ1) is 9.83. The van der Waals surface area contributed by atoms with Crippen LogP contribution in [0.4, 0.5) is 5.82 Å². The van der Waals surface area contributed by atoms with Gasteiger partial charge < -0.3 is 10.2 Å². The number of fused-ring (bicyclic) bond motifs is 1. The monoisotopic (exact) mass is 269 g/mol. The largest absolute Gasteiger partial charge is 0.350 e. The second-order valence-corrected chi connectivity index (χ2v) is 5.58. The molecule has 0 radical (unpaired) electrons. The molecule has 0 spiro atoms. The van der Waals surface area contributed by atoms with Gasteiger partial charge in [0.2, 0.25) is 0 Å². The zero-order valence-corrected chi connectivity index (χ0v) is 12.3. The summed E-state index contributed by atoms with van der Waals surface area (Å²) in [5, 5.41) is 6.19. The predicted octanol–water partition coefficient (Wildman–Crippen LogP) is 3.20. The van der Waals surface area contributed by atoms with Gasteiger partial charge in [-0.2, -0.15) is 0 Å². The highest BCUT2D eigenvalue weighted by molar-refractivity contribution is 5.92. The minimum atomic E-state index is 0.538. The van der Waals surface area contributed by atoms with Crippen LogP contribution in [0.3, 0.4) is 0 Å². The fraction of sp³-hybridized carbons (Fsp3) is 0.471. The van der Waals surface area contributed by atoms with Gasteiger partial charge in [-0.15, -0.1) is 0 Å². The molecule has 1 aliphatic rings. The van der Waals surface area contributed by atoms with Gasteiger partial charge >= 0.3 is 0 Å². The van der Waals surface area contributed by atoms with E-state index in [4.69, 9.17) is 4.98 Å². The molecular formula is C17H23N3. The smallest absolute Gasteiger partial charge is 0.136 e. The van der Waals surface area contributed by atoms with E-state index in [9.17, 15) is 0 Å². The van der Waals surface area contributed by atoms with E-state index in [-0.39, 0.29) is 0 Å². The summed E-state index contributed by atoms with van der Waals surface area (Å²) in [7, 11) is 0. The van der Waals surface area contributed by atoms with Gasteiger partial charge in [0.05, 0.1) is 0 Å². The van der Waals surface area contributed by atoms with Gasteiger partial charge in [-0.25, -0.2) is 4.98 Å². The van der Waals surface area contributed by atoms with Crippen LogP contribution in [0, 0.1) is 0 Å². The highest BCUT2D eigenvalue weighted by atomic mass is 15.3. The van der Waals surface area contributed by atoms with Crippen molar-refractivity contribution < 1.29 is 0 Å².